The van der Waals surface area contributed by atoms with E-state index in [4.69, 9.17) is 11.6 Å². The Bertz CT molecular complexity index is 825. The summed E-state index contributed by atoms with van der Waals surface area (Å²) in [5.41, 5.74) is 0.937. The predicted octanol–water partition coefficient (Wildman–Crippen LogP) is 2.56. The maximum absolute atomic E-state index is 12.8. The fourth-order valence-corrected chi connectivity index (χ4v) is 3.18. The van der Waals surface area contributed by atoms with Crippen molar-refractivity contribution in [2.45, 2.75) is 6.54 Å². The lowest BCUT2D eigenvalue weighted by atomic mass is 10.2. The Labute approximate surface area is 145 Å². The molecule has 24 heavy (non-hydrogen) atoms. The quantitative estimate of drug-likeness (QED) is 0.849. The third-order valence-corrected chi connectivity index (χ3v) is 4.66. The van der Waals surface area contributed by atoms with Crippen molar-refractivity contribution in [1.29, 1.82) is 0 Å². The van der Waals surface area contributed by atoms with Gasteiger partial charge in [-0.15, -0.1) is 0 Å². The van der Waals surface area contributed by atoms with Crippen LogP contribution in [0.1, 0.15) is 5.56 Å². The van der Waals surface area contributed by atoms with Crippen molar-refractivity contribution < 1.29 is 17.6 Å². The van der Waals surface area contributed by atoms with Gasteiger partial charge in [0.2, 0.25) is 15.9 Å². The highest BCUT2D eigenvalue weighted by Crippen LogP contribution is 2.26. The number of sulfonamides is 1. The molecule has 2 rings (SSSR count). The highest BCUT2D eigenvalue weighted by Gasteiger charge is 2.22. The van der Waals surface area contributed by atoms with E-state index in [1.165, 1.54) is 30.3 Å². The molecular formula is C16H16ClFN2O3S. The summed E-state index contributed by atoms with van der Waals surface area (Å²) < 4.78 is 37.7. The molecule has 0 atom stereocenters. The lowest BCUT2D eigenvalue weighted by molar-refractivity contribution is -0.119. The summed E-state index contributed by atoms with van der Waals surface area (Å²) in [6.07, 6.45) is 1.00. The van der Waals surface area contributed by atoms with Crippen LogP contribution in [0.15, 0.2) is 48.5 Å². The van der Waals surface area contributed by atoms with Crippen molar-refractivity contribution >= 4 is 33.2 Å². The maximum atomic E-state index is 12.8. The normalized spacial score (nSPS) is 11.1. The molecule has 2 aromatic rings. The van der Waals surface area contributed by atoms with E-state index >= 15 is 0 Å². The molecule has 8 heteroatoms. The van der Waals surface area contributed by atoms with E-state index in [-0.39, 0.29) is 23.1 Å². The Balaban J connectivity index is 2.08. The third kappa shape index (κ3) is 4.94. The van der Waals surface area contributed by atoms with Crippen LogP contribution in [-0.4, -0.2) is 27.1 Å². The molecule has 0 saturated carbocycles. The summed E-state index contributed by atoms with van der Waals surface area (Å²) in [5, 5.41) is 2.83. The van der Waals surface area contributed by atoms with Gasteiger partial charge in [-0.2, -0.15) is 0 Å². The summed E-state index contributed by atoms with van der Waals surface area (Å²) in [6, 6.07) is 12.0. The summed E-state index contributed by atoms with van der Waals surface area (Å²) in [4.78, 5) is 12.1. The number of hydrogen-bond acceptors (Lipinski definition) is 3. The highest BCUT2D eigenvalue weighted by atomic mass is 35.5. The fourth-order valence-electron chi connectivity index (χ4n) is 2.02. The smallest absolute Gasteiger partial charge is 0.241 e. The molecule has 0 aromatic heterocycles. The van der Waals surface area contributed by atoms with Crippen LogP contribution in [0.3, 0.4) is 0 Å². The highest BCUT2D eigenvalue weighted by molar-refractivity contribution is 7.92. The third-order valence-electron chi connectivity index (χ3n) is 3.21. The van der Waals surface area contributed by atoms with Gasteiger partial charge in [0.05, 0.1) is 17.0 Å². The Kier molecular flexibility index (Phi) is 5.80. The van der Waals surface area contributed by atoms with Gasteiger partial charge < -0.3 is 5.32 Å². The second kappa shape index (κ2) is 7.63. The summed E-state index contributed by atoms with van der Waals surface area (Å²) >= 11 is 6.02. The van der Waals surface area contributed by atoms with Crippen LogP contribution in [0.2, 0.25) is 5.02 Å². The Morgan fingerprint density at radius 3 is 2.38 bits per heavy atom. The Hall–Kier alpha value is -2.12. The number of nitrogens with zero attached hydrogens (tertiary/aromatic N) is 1. The molecule has 0 aliphatic carbocycles. The number of amides is 1. The second-order valence-corrected chi connectivity index (χ2v) is 7.44. The van der Waals surface area contributed by atoms with Gasteiger partial charge in [-0.1, -0.05) is 35.9 Å². The number of rotatable bonds is 6. The van der Waals surface area contributed by atoms with E-state index in [0.29, 0.717) is 5.56 Å². The number of anilines is 1. The molecular weight excluding hydrogens is 355 g/mol. The van der Waals surface area contributed by atoms with Crippen LogP contribution in [0, 0.1) is 5.82 Å². The summed E-state index contributed by atoms with van der Waals surface area (Å²) in [5.74, 6) is -0.864. The van der Waals surface area contributed by atoms with E-state index in [9.17, 15) is 17.6 Å². The maximum Gasteiger partial charge on any atom is 0.241 e. The molecule has 128 valence electrons. The predicted molar refractivity (Wildman–Crippen MR) is 91.9 cm³/mol. The van der Waals surface area contributed by atoms with Crippen LogP contribution >= 0.6 is 11.6 Å². The van der Waals surface area contributed by atoms with Gasteiger partial charge in [-0.05, 0) is 29.8 Å². The second-order valence-electron chi connectivity index (χ2n) is 5.12. The average molecular weight is 371 g/mol. The SMILES string of the molecule is CS(=O)(=O)N(CC(=O)NCc1ccc(F)cc1)c1ccccc1Cl. The van der Waals surface area contributed by atoms with Gasteiger partial charge in [0.15, 0.2) is 0 Å². The zero-order chi connectivity index (χ0) is 17.7. The van der Waals surface area contributed by atoms with E-state index in [2.05, 4.69) is 5.32 Å². The minimum atomic E-state index is -3.69. The number of hydrogen-bond donors (Lipinski definition) is 1. The van der Waals surface area contributed by atoms with E-state index < -0.39 is 22.5 Å². The monoisotopic (exact) mass is 370 g/mol. The molecule has 0 aliphatic rings. The van der Waals surface area contributed by atoms with Gasteiger partial charge in [0.1, 0.15) is 12.4 Å². The minimum absolute atomic E-state index is 0.166. The lowest BCUT2D eigenvalue weighted by Crippen LogP contribution is -2.40. The number of benzene rings is 2. The molecule has 0 unspecified atom stereocenters. The van der Waals surface area contributed by atoms with Gasteiger partial charge in [0.25, 0.3) is 0 Å². The van der Waals surface area contributed by atoms with E-state index in [1.54, 1.807) is 18.2 Å². The lowest BCUT2D eigenvalue weighted by Gasteiger charge is -2.22. The average Bonchev–Trinajstić information content (AvgIpc) is 2.52. The van der Waals surface area contributed by atoms with Crippen LogP contribution in [0.5, 0.6) is 0 Å². The first-order valence-corrected chi connectivity index (χ1v) is 9.23. The standard InChI is InChI=1S/C16H16ClFN2O3S/c1-24(22,23)20(15-5-3-2-4-14(15)17)11-16(21)19-10-12-6-8-13(18)9-7-12/h2-9H,10-11H2,1H3,(H,19,21). The minimum Gasteiger partial charge on any atom is -0.350 e. The molecule has 0 bridgehead atoms. The molecule has 0 saturated heterocycles. The van der Waals surface area contributed by atoms with Crippen molar-refractivity contribution in [1.82, 2.24) is 5.32 Å². The molecule has 1 amide bonds. The Morgan fingerprint density at radius 2 is 1.79 bits per heavy atom. The van der Waals surface area contributed by atoms with Gasteiger partial charge in [0, 0.05) is 6.54 Å². The first-order valence-electron chi connectivity index (χ1n) is 7.01. The number of para-hydroxylation sites is 1. The van der Waals surface area contributed by atoms with Gasteiger partial charge in [-0.25, -0.2) is 12.8 Å². The number of carbonyl (C=O) groups excluding carboxylic acids is 1. The first-order chi connectivity index (χ1) is 11.3. The molecule has 0 fully saturated rings. The molecule has 0 aliphatic heterocycles. The van der Waals surface area contributed by atoms with Crippen molar-refractivity contribution in [3.8, 4) is 0 Å². The molecule has 2 aromatic carbocycles. The van der Waals surface area contributed by atoms with E-state index in [1.807, 2.05) is 0 Å². The van der Waals surface area contributed by atoms with Crippen molar-refractivity contribution in [3.63, 3.8) is 0 Å². The van der Waals surface area contributed by atoms with Crippen LogP contribution in [0.4, 0.5) is 10.1 Å². The van der Waals surface area contributed by atoms with Gasteiger partial charge in [-0.3, -0.25) is 9.10 Å². The topological polar surface area (TPSA) is 66.5 Å². The zero-order valence-electron chi connectivity index (χ0n) is 12.9. The molecule has 0 heterocycles. The van der Waals surface area contributed by atoms with E-state index in [0.717, 1.165) is 10.6 Å². The Morgan fingerprint density at radius 1 is 1.17 bits per heavy atom. The first kappa shape index (κ1) is 18.2. The molecule has 0 spiro atoms. The fraction of sp³-hybridized carbons (Fsp3) is 0.188. The number of carbonyl (C=O) groups is 1. The van der Waals surface area contributed by atoms with Crippen molar-refractivity contribution in [2.24, 2.45) is 0 Å². The van der Waals surface area contributed by atoms with Crippen molar-refractivity contribution in [2.75, 3.05) is 17.1 Å². The molecule has 0 radical (unpaired) electrons. The number of halogens is 2. The largest absolute Gasteiger partial charge is 0.350 e. The van der Waals surface area contributed by atoms with Gasteiger partial charge >= 0.3 is 0 Å². The number of nitrogens with one attached hydrogen (secondary N) is 1. The molecule has 5 nitrogen and oxygen atoms in total. The zero-order valence-corrected chi connectivity index (χ0v) is 14.4. The van der Waals surface area contributed by atoms with Crippen LogP contribution in [-0.2, 0) is 21.4 Å². The molecule has 1 N–H and O–H groups in total. The van der Waals surface area contributed by atoms with Crippen LogP contribution < -0.4 is 9.62 Å². The summed E-state index contributed by atoms with van der Waals surface area (Å²) in [6.45, 7) is -0.233. The van der Waals surface area contributed by atoms with Crippen LogP contribution in [0.25, 0.3) is 0 Å². The summed E-state index contributed by atoms with van der Waals surface area (Å²) in [7, 11) is -3.69. The van der Waals surface area contributed by atoms with Crippen molar-refractivity contribution in [3.05, 3.63) is 64.9 Å².